The lowest BCUT2D eigenvalue weighted by molar-refractivity contribution is -0.163. The van der Waals surface area contributed by atoms with Crippen molar-refractivity contribution in [2.75, 3.05) is 0 Å². The molecule has 0 bridgehead atoms. The molecule has 1 unspecified atom stereocenters. The van der Waals surface area contributed by atoms with Gasteiger partial charge in [-0.15, -0.1) is 0 Å². The van der Waals surface area contributed by atoms with E-state index in [4.69, 9.17) is 4.74 Å². The fourth-order valence-electron chi connectivity index (χ4n) is 4.87. The van der Waals surface area contributed by atoms with Crippen LogP contribution in [-0.2, 0) is 14.3 Å². The molecule has 0 spiro atoms. The molecule has 4 nitrogen and oxygen atoms in total. The van der Waals surface area contributed by atoms with E-state index < -0.39 is 17.5 Å². The smallest absolute Gasteiger partial charge is 0.316 e. The van der Waals surface area contributed by atoms with Gasteiger partial charge in [0, 0.05) is 6.42 Å². The molecule has 0 fully saturated rings. The van der Waals surface area contributed by atoms with Crippen LogP contribution in [0.15, 0.2) is 0 Å². The van der Waals surface area contributed by atoms with Crippen LogP contribution in [0.5, 0.6) is 0 Å². The van der Waals surface area contributed by atoms with E-state index in [1.165, 1.54) is 96.3 Å². The van der Waals surface area contributed by atoms with Gasteiger partial charge in [0.05, 0.1) is 12.0 Å². The van der Waals surface area contributed by atoms with Crippen molar-refractivity contribution in [3.05, 3.63) is 0 Å². The van der Waals surface area contributed by atoms with Crippen LogP contribution in [0.25, 0.3) is 0 Å². The van der Waals surface area contributed by atoms with E-state index in [2.05, 4.69) is 20.8 Å². The van der Waals surface area contributed by atoms with Gasteiger partial charge in [0.1, 0.15) is 0 Å². The van der Waals surface area contributed by atoms with Crippen molar-refractivity contribution in [3.63, 3.8) is 0 Å². The van der Waals surface area contributed by atoms with Crippen molar-refractivity contribution in [1.29, 1.82) is 0 Å². The first-order valence-electron chi connectivity index (χ1n) is 15.8. The number of unbranched alkanes of at least 4 members (excludes halogenated alkanes) is 17. The third-order valence-corrected chi connectivity index (χ3v) is 7.52. The number of ether oxygens (including phenoxy) is 1. The molecule has 0 aromatic rings. The highest BCUT2D eigenvalue weighted by molar-refractivity contribution is 5.85. The van der Waals surface area contributed by atoms with Gasteiger partial charge in [-0.2, -0.15) is 0 Å². The molecule has 0 aromatic carbocycles. The lowest BCUT2D eigenvalue weighted by Gasteiger charge is -2.25. The highest BCUT2D eigenvalue weighted by Gasteiger charge is 2.29. The number of esters is 2. The molecule has 0 saturated heterocycles. The molecule has 0 amide bonds. The Labute approximate surface area is 224 Å². The summed E-state index contributed by atoms with van der Waals surface area (Å²) in [6, 6.07) is 0. The normalized spacial score (nSPS) is 13.2. The summed E-state index contributed by atoms with van der Waals surface area (Å²) in [6.07, 6.45) is 26.0. The Morgan fingerprint density at radius 1 is 0.639 bits per heavy atom. The molecular formula is C32H62O4. The van der Waals surface area contributed by atoms with E-state index in [1.807, 2.05) is 6.92 Å². The standard InChI is InChI=1S/C32H62O4/c1-5-7-8-9-18-21-24-27-32(35,6-2)28-31(34)36-30(33)26-23-20-17-15-13-11-10-12-14-16-19-22-25-29(3)4/h29,35H,5-28H2,1-4H3. The van der Waals surface area contributed by atoms with Gasteiger partial charge in [-0.05, 0) is 25.2 Å². The molecule has 0 aliphatic carbocycles. The second-order valence-corrected chi connectivity index (χ2v) is 11.6. The monoisotopic (exact) mass is 510 g/mol. The van der Waals surface area contributed by atoms with Gasteiger partial charge in [-0.25, -0.2) is 0 Å². The number of aliphatic hydroxyl groups is 1. The first-order chi connectivity index (χ1) is 17.3. The largest absolute Gasteiger partial charge is 0.393 e. The molecule has 4 heteroatoms. The third-order valence-electron chi connectivity index (χ3n) is 7.52. The summed E-state index contributed by atoms with van der Waals surface area (Å²) in [6.45, 7) is 8.72. The minimum Gasteiger partial charge on any atom is -0.393 e. The molecule has 0 saturated carbocycles. The summed E-state index contributed by atoms with van der Waals surface area (Å²) in [5.41, 5.74) is -1.05. The van der Waals surface area contributed by atoms with Crippen LogP contribution in [0.3, 0.4) is 0 Å². The maximum absolute atomic E-state index is 12.2. The number of carbonyl (C=O) groups excluding carboxylic acids is 2. The second kappa shape index (κ2) is 24.4. The summed E-state index contributed by atoms with van der Waals surface area (Å²) >= 11 is 0. The van der Waals surface area contributed by atoms with Crippen LogP contribution in [-0.4, -0.2) is 22.6 Å². The van der Waals surface area contributed by atoms with Gasteiger partial charge in [-0.3, -0.25) is 9.59 Å². The van der Waals surface area contributed by atoms with Crippen LogP contribution >= 0.6 is 0 Å². The van der Waals surface area contributed by atoms with Crippen LogP contribution < -0.4 is 0 Å². The Bertz CT molecular complexity index is 516. The van der Waals surface area contributed by atoms with E-state index in [1.54, 1.807) is 0 Å². The molecule has 1 N–H and O–H groups in total. The topological polar surface area (TPSA) is 63.6 Å². The molecule has 0 radical (unpaired) electrons. The molecule has 0 heterocycles. The zero-order valence-corrected chi connectivity index (χ0v) is 24.7. The Balaban J connectivity index is 3.66. The van der Waals surface area contributed by atoms with Crippen LogP contribution in [0.4, 0.5) is 0 Å². The van der Waals surface area contributed by atoms with Gasteiger partial charge in [0.25, 0.3) is 0 Å². The highest BCUT2D eigenvalue weighted by atomic mass is 16.6. The summed E-state index contributed by atoms with van der Waals surface area (Å²) in [5.74, 6) is -0.176. The molecule has 36 heavy (non-hydrogen) atoms. The fraction of sp³-hybridized carbons (Fsp3) is 0.938. The molecular weight excluding hydrogens is 448 g/mol. The average Bonchev–Trinajstić information content (AvgIpc) is 2.83. The van der Waals surface area contributed by atoms with Crippen molar-refractivity contribution in [2.24, 2.45) is 5.92 Å². The maximum Gasteiger partial charge on any atom is 0.316 e. The quantitative estimate of drug-likeness (QED) is 0.0714. The van der Waals surface area contributed by atoms with Crippen molar-refractivity contribution in [1.82, 2.24) is 0 Å². The van der Waals surface area contributed by atoms with Gasteiger partial charge < -0.3 is 9.84 Å². The first-order valence-corrected chi connectivity index (χ1v) is 15.8. The second-order valence-electron chi connectivity index (χ2n) is 11.6. The Hall–Kier alpha value is -0.900. The lowest BCUT2D eigenvalue weighted by atomic mass is 9.90. The summed E-state index contributed by atoms with van der Waals surface area (Å²) in [5, 5.41) is 10.7. The van der Waals surface area contributed by atoms with Gasteiger partial charge in [0.15, 0.2) is 0 Å². The Morgan fingerprint density at radius 2 is 1.08 bits per heavy atom. The van der Waals surface area contributed by atoms with Gasteiger partial charge in [0.2, 0.25) is 0 Å². The molecule has 0 rings (SSSR count). The predicted molar refractivity (Wildman–Crippen MR) is 153 cm³/mol. The lowest BCUT2D eigenvalue weighted by Crippen LogP contribution is -2.32. The minimum absolute atomic E-state index is 0.0803. The zero-order valence-electron chi connectivity index (χ0n) is 24.7. The summed E-state index contributed by atoms with van der Waals surface area (Å²) in [4.78, 5) is 24.2. The van der Waals surface area contributed by atoms with Gasteiger partial charge >= 0.3 is 11.9 Å². The van der Waals surface area contributed by atoms with Crippen LogP contribution in [0.1, 0.15) is 182 Å². The maximum atomic E-state index is 12.2. The molecule has 214 valence electrons. The van der Waals surface area contributed by atoms with Crippen molar-refractivity contribution < 1.29 is 19.4 Å². The van der Waals surface area contributed by atoms with E-state index in [-0.39, 0.29) is 6.42 Å². The highest BCUT2D eigenvalue weighted by Crippen LogP contribution is 2.24. The van der Waals surface area contributed by atoms with E-state index >= 15 is 0 Å². The average molecular weight is 511 g/mol. The van der Waals surface area contributed by atoms with E-state index in [0.29, 0.717) is 19.3 Å². The zero-order chi connectivity index (χ0) is 26.9. The van der Waals surface area contributed by atoms with Crippen molar-refractivity contribution >= 4 is 11.9 Å². The van der Waals surface area contributed by atoms with E-state index in [0.717, 1.165) is 38.0 Å². The predicted octanol–water partition coefficient (Wildman–Crippen LogP) is 9.85. The number of rotatable bonds is 26. The molecule has 0 aliphatic rings. The van der Waals surface area contributed by atoms with E-state index in [9.17, 15) is 14.7 Å². The molecule has 1 atom stereocenters. The van der Waals surface area contributed by atoms with Crippen molar-refractivity contribution in [3.8, 4) is 0 Å². The summed E-state index contributed by atoms with van der Waals surface area (Å²) < 4.78 is 5.00. The molecule has 0 aliphatic heterocycles. The van der Waals surface area contributed by atoms with Gasteiger partial charge in [-0.1, -0.05) is 150 Å². The van der Waals surface area contributed by atoms with Crippen LogP contribution in [0.2, 0.25) is 0 Å². The van der Waals surface area contributed by atoms with Crippen molar-refractivity contribution in [2.45, 2.75) is 187 Å². The fourth-order valence-corrected chi connectivity index (χ4v) is 4.87. The number of hydrogen-bond donors (Lipinski definition) is 1. The summed E-state index contributed by atoms with van der Waals surface area (Å²) in [7, 11) is 0. The number of hydrogen-bond acceptors (Lipinski definition) is 4. The van der Waals surface area contributed by atoms with Crippen LogP contribution in [0, 0.1) is 5.92 Å². The third kappa shape index (κ3) is 23.5. The Morgan fingerprint density at radius 3 is 1.56 bits per heavy atom. The first kappa shape index (κ1) is 35.1. The number of carbonyl (C=O) groups is 2. The SMILES string of the molecule is CCCCCCCCCC(O)(CC)CC(=O)OC(=O)CCCCCCCCCCCCCCC(C)C. The Kier molecular flexibility index (Phi) is 23.8. The minimum atomic E-state index is -1.05. The molecule has 0 aromatic heterocycles.